The monoisotopic (exact) mass is 476 g/mol. The van der Waals surface area contributed by atoms with Crippen LogP contribution in [0.15, 0.2) is 69.8 Å². The zero-order chi connectivity index (χ0) is 22.2. The molecule has 0 fully saturated rings. The van der Waals surface area contributed by atoms with Crippen LogP contribution in [0.5, 0.6) is 0 Å². The predicted molar refractivity (Wildman–Crippen MR) is 120 cm³/mol. The molecule has 1 amide bonds. The standard InChI is InChI=1S/C21H20N2O5S3/c1-30(25,26)18-8-6-17(7-9-18)22-21(24)20-19(11-13-29-20)31(27,28)23-12-10-15-4-2-3-5-16(15)14-23/h2-9,11,13H,10,12,14H2,1H3,(H,22,24). The Bertz CT molecular complexity index is 1340. The molecule has 1 N–H and O–H groups in total. The van der Waals surface area contributed by atoms with E-state index in [-0.39, 0.29) is 21.2 Å². The minimum Gasteiger partial charge on any atom is -0.321 e. The van der Waals surface area contributed by atoms with Crippen LogP contribution in [0.3, 0.4) is 0 Å². The summed E-state index contributed by atoms with van der Waals surface area (Å²) in [5.74, 6) is -0.557. The molecule has 0 aliphatic carbocycles. The molecule has 0 bridgehead atoms. The number of rotatable bonds is 5. The van der Waals surface area contributed by atoms with Crippen molar-refractivity contribution in [3.63, 3.8) is 0 Å². The molecule has 162 valence electrons. The molecule has 2 heterocycles. The largest absolute Gasteiger partial charge is 0.321 e. The topological polar surface area (TPSA) is 101 Å². The average molecular weight is 477 g/mol. The van der Waals surface area contributed by atoms with Gasteiger partial charge in [0, 0.05) is 25.0 Å². The number of carbonyl (C=O) groups excluding carboxylic acids is 1. The van der Waals surface area contributed by atoms with Crippen molar-refractivity contribution in [2.75, 3.05) is 18.1 Å². The van der Waals surface area contributed by atoms with Gasteiger partial charge in [-0.3, -0.25) is 4.79 Å². The number of sulfonamides is 1. The van der Waals surface area contributed by atoms with Gasteiger partial charge in [-0.15, -0.1) is 11.3 Å². The van der Waals surface area contributed by atoms with Gasteiger partial charge in [0.15, 0.2) is 9.84 Å². The molecule has 0 radical (unpaired) electrons. The van der Waals surface area contributed by atoms with E-state index in [4.69, 9.17) is 0 Å². The Morgan fingerprint density at radius 1 is 0.968 bits per heavy atom. The van der Waals surface area contributed by atoms with E-state index in [9.17, 15) is 21.6 Å². The van der Waals surface area contributed by atoms with Gasteiger partial charge in [-0.25, -0.2) is 16.8 Å². The van der Waals surface area contributed by atoms with Gasteiger partial charge >= 0.3 is 0 Å². The fraction of sp³-hybridized carbons (Fsp3) is 0.190. The molecule has 0 saturated carbocycles. The van der Waals surface area contributed by atoms with Gasteiger partial charge < -0.3 is 5.32 Å². The summed E-state index contributed by atoms with van der Waals surface area (Å²) in [7, 11) is -7.20. The van der Waals surface area contributed by atoms with Crippen LogP contribution in [0.1, 0.15) is 20.8 Å². The molecule has 31 heavy (non-hydrogen) atoms. The Balaban J connectivity index is 1.56. The van der Waals surface area contributed by atoms with E-state index in [2.05, 4.69) is 5.32 Å². The van der Waals surface area contributed by atoms with Crippen molar-refractivity contribution in [2.24, 2.45) is 0 Å². The third-order valence-corrected chi connectivity index (χ3v) is 9.15. The molecule has 2 aromatic carbocycles. The average Bonchev–Trinajstić information content (AvgIpc) is 3.24. The van der Waals surface area contributed by atoms with Gasteiger partial charge in [0.05, 0.1) is 4.90 Å². The molecule has 10 heteroatoms. The smallest absolute Gasteiger partial charge is 0.267 e. The first-order valence-corrected chi connectivity index (χ1v) is 13.6. The number of anilines is 1. The zero-order valence-electron chi connectivity index (χ0n) is 16.6. The van der Waals surface area contributed by atoms with Gasteiger partial charge in [-0.1, -0.05) is 24.3 Å². The van der Waals surface area contributed by atoms with Crippen LogP contribution < -0.4 is 5.32 Å². The second-order valence-electron chi connectivity index (χ2n) is 7.22. The van der Waals surface area contributed by atoms with Crippen molar-refractivity contribution in [1.82, 2.24) is 4.31 Å². The van der Waals surface area contributed by atoms with Crippen molar-refractivity contribution in [3.8, 4) is 0 Å². The number of hydrogen-bond donors (Lipinski definition) is 1. The number of nitrogens with one attached hydrogen (secondary N) is 1. The predicted octanol–water partition coefficient (Wildman–Crippen LogP) is 3.15. The second-order valence-corrected chi connectivity index (χ2v) is 12.1. The summed E-state index contributed by atoms with van der Waals surface area (Å²) in [6.07, 6.45) is 1.72. The number of thiophene rings is 1. The Morgan fingerprint density at radius 3 is 2.32 bits per heavy atom. The quantitative estimate of drug-likeness (QED) is 0.610. The molecule has 0 spiro atoms. The first kappa shape index (κ1) is 21.7. The molecule has 1 aliphatic rings. The summed E-state index contributed by atoms with van der Waals surface area (Å²) >= 11 is 1.05. The minimum atomic E-state index is -3.85. The maximum atomic E-state index is 13.3. The van der Waals surface area contributed by atoms with E-state index < -0.39 is 25.8 Å². The third kappa shape index (κ3) is 4.42. The van der Waals surface area contributed by atoms with E-state index in [1.807, 2.05) is 24.3 Å². The summed E-state index contributed by atoms with van der Waals surface area (Å²) in [5.41, 5.74) is 2.47. The van der Waals surface area contributed by atoms with Crippen LogP contribution in [-0.2, 0) is 32.8 Å². The molecule has 7 nitrogen and oxygen atoms in total. The van der Waals surface area contributed by atoms with Crippen LogP contribution in [0.25, 0.3) is 0 Å². The van der Waals surface area contributed by atoms with Gasteiger partial charge in [-0.05, 0) is 53.3 Å². The van der Waals surface area contributed by atoms with Crippen LogP contribution in [0.4, 0.5) is 5.69 Å². The van der Waals surface area contributed by atoms with Crippen LogP contribution in [0, 0.1) is 0 Å². The normalized spacial score (nSPS) is 14.7. The lowest BCUT2D eigenvalue weighted by Gasteiger charge is -2.28. The molecular formula is C21H20N2O5S3. The zero-order valence-corrected chi connectivity index (χ0v) is 19.1. The summed E-state index contributed by atoms with van der Waals surface area (Å²) in [6, 6.07) is 14.9. The lowest BCUT2D eigenvalue weighted by Crippen LogP contribution is -2.36. The highest BCUT2D eigenvalue weighted by molar-refractivity contribution is 7.90. The molecule has 0 unspecified atom stereocenters. The first-order valence-electron chi connectivity index (χ1n) is 9.42. The van der Waals surface area contributed by atoms with Crippen LogP contribution in [0.2, 0.25) is 0 Å². The number of hydrogen-bond acceptors (Lipinski definition) is 6. The van der Waals surface area contributed by atoms with E-state index in [1.54, 1.807) is 5.38 Å². The molecule has 0 saturated heterocycles. The summed E-state index contributed by atoms with van der Waals surface area (Å²) < 4.78 is 51.1. The molecule has 3 aromatic rings. The lowest BCUT2D eigenvalue weighted by molar-refractivity contribution is 0.102. The van der Waals surface area contributed by atoms with Crippen molar-refractivity contribution in [3.05, 3.63) is 76.0 Å². The molecule has 0 atom stereocenters. The Kier molecular flexibility index (Phi) is 5.73. The highest BCUT2D eigenvalue weighted by atomic mass is 32.2. The number of sulfone groups is 1. The number of amides is 1. The van der Waals surface area contributed by atoms with Gasteiger partial charge in [0.2, 0.25) is 10.0 Å². The Morgan fingerprint density at radius 2 is 1.65 bits per heavy atom. The maximum absolute atomic E-state index is 13.3. The van der Waals surface area contributed by atoms with Crippen molar-refractivity contribution >= 4 is 42.8 Å². The van der Waals surface area contributed by atoms with E-state index in [0.29, 0.717) is 18.7 Å². The SMILES string of the molecule is CS(=O)(=O)c1ccc(NC(=O)c2sccc2S(=O)(=O)N2CCc3ccccc3C2)cc1. The summed E-state index contributed by atoms with van der Waals surface area (Å²) in [5, 5.41) is 4.22. The first-order chi connectivity index (χ1) is 14.7. The molecular weight excluding hydrogens is 456 g/mol. The number of fused-ring (bicyclic) bond motifs is 1. The van der Waals surface area contributed by atoms with Gasteiger partial charge in [0.25, 0.3) is 5.91 Å². The highest BCUT2D eigenvalue weighted by Crippen LogP contribution is 2.30. The van der Waals surface area contributed by atoms with Crippen molar-refractivity contribution in [1.29, 1.82) is 0 Å². The maximum Gasteiger partial charge on any atom is 0.267 e. The van der Waals surface area contributed by atoms with E-state index in [0.717, 1.165) is 28.7 Å². The van der Waals surface area contributed by atoms with E-state index in [1.165, 1.54) is 34.6 Å². The van der Waals surface area contributed by atoms with Crippen molar-refractivity contribution < 1.29 is 21.6 Å². The summed E-state index contributed by atoms with van der Waals surface area (Å²) in [6.45, 7) is 0.617. The Hall–Kier alpha value is -2.53. The third-order valence-electron chi connectivity index (χ3n) is 5.09. The number of carbonyl (C=O) groups is 1. The summed E-state index contributed by atoms with van der Waals surface area (Å²) in [4.78, 5) is 13.0. The minimum absolute atomic E-state index is 0.0258. The highest BCUT2D eigenvalue weighted by Gasteiger charge is 2.32. The molecule has 4 rings (SSSR count). The fourth-order valence-corrected chi connectivity index (χ4v) is 6.80. The van der Waals surface area contributed by atoms with Gasteiger partial charge in [0.1, 0.15) is 9.77 Å². The van der Waals surface area contributed by atoms with Gasteiger partial charge in [-0.2, -0.15) is 4.31 Å². The lowest BCUT2D eigenvalue weighted by atomic mass is 10.0. The van der Waals surface area contributed by atoms with Crippen LogP contribution >= 0.6 is 11.3 Å². The molecule has 1 aromatic heterocycles. The van der Waals surface area contributed by atoms with E-state index >= 15 is 0 Å². The number of benzene rings is 2. The molecule has 1 aliphatic heterocycles. The Labute approximate surface area is 185 Å². The fourth-order valence-electron chi connectivity index (χ4n) is 3.45. The van der Waals surface area contributed by atoms with Crippen LogP contribution in [-0.4, -0.2) is 39.8 Å². The second kappa shape index (κ2) is 8.19. The number of nitrogens with zero attached hydrogens (tertiary/aromatic N) is 1. The van der Waals surface area contributed by atoms with Crippen molar-refractivity contribution in [2.45, 2.75) is 22.8 Å².